The Kier molecular flexibility index (Phi) is 4.39. The molecule has 0 radical (unpaired) electrons. The van der Waals surface area contributed by atoms with E-state index in [2.05, 4.69) is 6.92 Å². The number of rotatable bonds is 3. The van der Waals surface area contributed by atoms with Gasteiger partial charge in [-0.2, -0.15) is 0 Å². The van der Waals surface area contributed by atoms with Gasteiger partial charge in [-0.3, -0.25) is 4.79 Å². The van der Waals surface area contributed by atoms with Crippen molar-refractivity contribution in [1.82, 2.24) is 4.90 Å². The lowest BCUT2D eigenvalue weighted by Gasteiger charge is -2.28. The lowest BCUT2D eigenvalue weighted by molar-refractivity contribution is -0.135. The summed E-state index contributed by atoms with van der Waals surface area (Å²) >= 11 is 0. The molecule has 0 bridgehead atoms. The number of hydrogen-bond donors (Lipinski definition) is 1. The number of likely N-dealkylation sites (N-methyl/N-ethyl adjacent to an activating group) is 1. The lowest BCUT2D eigenvalue weighted by Crippen LogP contribution is -2.37. The van der Waals surface area contributed by atoms with Crippen LogP contribution in [-0.2, 0) is 4.79 Å². The second-order valence-corrected chi connectivity index (χ2v) is 4.51. The highest BCUT2D eigenvalue weighted by Crippen LogP contribution is 2.29. The molecule has 14 heavy (non-hydrogen) atoms. The van der Waals surface area contributed by atoms with Gasteiger partial charge < -0.3 is 10.6 Å². The zero-order valence-corrected chi connectivity index (χ0v) is 9.33. The van der Waals surface area contributed by atoms with Crippen molar-refractivity contribution in [2.45, 2.75) is 32.6 Å². The molecule has 82 valence electrons. The standard InChI is InChI=1S/C11H22N2O/c1-9-3-5-10(6-4-9)11(14)13(2)8-7-12/h9-10H,3-8,12H2,1-2H3. The fourth-order valence-corrected chi connectivity index (χ4v) is 2.12. The monoisotopic (exact) mass is 198 g/mol. The van der Waals surface area contributed by atoms with Crippen molar-refractivity contribution in [2.24, 2.45) is 17.6 Å². The van der Waals surface area contributed by atoms with Crippen molar-refractivity contribution in [1.29, 1.82) is 0 Å². The van der Waals surface area contributed by atoms with Gasteiger partial charge in [-0.15, -0.1) is 0 Å². The Balaban J connectivity index is 2.37. The molecule has 1 aliphatic rings. The molecule has 1 amide bonds. The average molecular weight is 198 g/mol. The summed E-state index contributed by atoms with van der Waals surface area (Å²) in [5.41, 5.74) is 5.42. The predicted octanol–water partition coefficient (Wildman–Crippen LogP) is 1.23. The number of amides is 1. The quantitative estimate of drug-likeness (QED) is 0.741. The van der Waals surface area contributed by atoms with Gasteiger partial charge in [-0.05, 0) is 31.6 Å². The van der Waals surface area contributed by atoms with Gasteiger partial charge in [0.05, 0.1) is 0 Å². The zero-order chi connectivity index (χ0) is 10.6. The fraction of sp³-hybridized carbons (Fsp3) is 0.909. The van der Waals surface area contributed by atoms with E-state index in [-0.39, 0.29) is 5.92 Å². The van der Waals surface area contributed by atoms with Gasteiger partial charge >= 0.3 is 0 Å². The van der Waals surface area contributed by atoms with Crippen LogP contribution in [-0.4, -0.2) is 30.9 Å². The highest BCUT2D eigenvalue weighted by Gasteiger charge is 2.26. The van der Waals surface area contributed by atoms with E-state index < -0.39 is 0 Å². The summed E-state index contributed by atoms with van der Waals surface area (Å²) in [6.45, 7) is 3.51. The Morgan fingerprint density at radius 3 is 2.43 bits per heavy atom. The van der Waals surface area contributed by atoms with Crippen LogP contribution >= 0.6 is 0 Å². The third-order valence-electron chi connectivity index (χ3n) is 3.21. The van der Waals surface area contributed by atoms with E-state index in [1.54, 1.807) is 4.90 Å². The van der Waals surface area contributed by atoms with Gasteiger partial charge in [0, 0.05) is 26.1 Å². The van der Waals surface area contributed by atoms with Gasteiger partial charge in [0.15, 0.2) is 0 Å². The number of carbonyl (C=O) groups excluding carboxylic acids is 1. The minimum atomic E-state index is 0.266. The molecule has 1 rings (SSSR count). The van der Waals surface area contributed by atoms with Crippen LogP contribution in [0.2, 0.25) is 0 Å². The molecule has 0 aliphatic heterocycles. The molecule has 0 unspecified atom stereocenters. The van der Waals surface area contributed by atoms with Crippen LogP contribution in [0.4, 0.5) is 0 Å². The predicted molar refractivity (Wildman–Crippen MR) is 57.8 cm³/mol. The van der Waals surface area contributed by atoms with Crippen LogP contribution in [0.25, 0.3) is 0 Å². The maximum atomic E-state index is 11.9. The Hall–Kier alpha value is -0.570. The number of nitrogens with two attached hydrogens (primary N) is 1. The van der Waals surface area contributed by atoms with Crippen molar-refractivity contribution < 1.29 is 4.79 Å². The second kappa shape index (κ2) is 5.35. The largest absolute Gasteiger partial charge is 0.344 e. The van der Waals surface area contributed by atoms with E-state index in [1.165, 1.54) is 12.8 Å². The molecule has 0 aromatic rings. The SMILES string of the molecule is CC1CCC(C(=O)N(C)CCN)CC1. The average Bonchev–Trinajstić information content (AvgIpc) is 2.18. The molecule has 1 saturated carbocycles. The van der Waals surface area contributed by atoms with Crippen molar-refractivity contribution in [3.8, 4) is 0 Å². The summed E-state index contributed by atoms with van der Waals surface area (Å²) in [5.74, 6) is 1.36. The van der Waals surface area contributed by atoms with E-state index in [4.69, 9.17) is 5.73 Å². The number of hydrogen-bond acceptors (Lipinski definition) is 2. The zero-order valence-electron chi connectivity index (χ0n) is 9.33. The first-order chi connectivity index (χ1) is 6.65. The molecule has 0 spiro atoms. The molecule has 0 atom stereocenters. The highest BCUT2D eigenvalue weighted by atomic mass is 16.2. The minimum absolute atomic E-state index is 0.266. The first-order valence-electron chi connectivity index (χ1n) is 5.60. The smallest absolute Gasteiger partial charge is 0.225 e. The topological polar surface area (TPSA) is 46.3 Å². The van der Waals surface area contributed by atoms with Gasteiger partial charge in [-0.1, -0.05) is 6.92 Å². The maximum Gasteiger partial charge on any atom is 0.225 e. The molecule has 3 heteroatoms. The van der Waals surface area contributed by atoms with E-state index >= 15 is 0 Å². The fourth-order valence-electron chi connectivity index (χ4n) is 2.12. The van der Waals surface area contributed by atoms with Gasteiger partial charge in [-0.25, -0.2) is 0 Å². The molecule has 1 fully saturated rings. The van der Waals surface area contributed by atoms with Gasteiger partial charge in [0.1, 0.15) is 0 Å². The first-order valence-corrected chi connectivity index (χ1v) is 5.60. The Bertz CT molecular complexity index is 186. The molecular formula is C11H22N2O. The van der Waals surface area contributed by atoms with Crippen molar-refractivity contribution in [3.05, 3.63) is 0 Å². The molecule has 0 heterocycles. The van der Waals surface area contributed by atoms with Crippen LogP contribution in [0.5, 0.6) is 0 Å². The van der Waals surface area contributed by atoms with Gasteiger partial charge in [0.25, 0.3) is 0 Å². The normalized spacial score (nSPS) is 27.4. The molecule has 0 aromatic carbocycles. The van der Waals surface area contributed by atoms with Gasteiger partial charge in [0.2, 0.25) is 5.91 Å². The summed E-state index contributed by atoms with van der Waals surface area (Å²) in [7, 11) is 1.85. The third-order valence-corrected chi connectivity index (χ3v) is 3.21. The van der Waals surface area contributed by atoms with Crippen LogP contribution in [0.3, 0.4) is 0 Å². The Morgan fingerprint density at radius 2 is 1.93 bits per heavy atom. The first kappa shape index (κ1) is 11.5. The highest BCUT2D eigenvalue weighted by molar-refractivity contribution is 5.78. The Morgan fingerprint density at radius 1 is 1.36 bits per heavy atom. The summed E-state index contributed by atoms with van der Waals surface area (Å²) < 4.78 is 0. The molecule has 2 N–H and O–H groups in total. The Labute approximate surface area is 86.6 Å². The van der Waals surface area contributed by atoms with E-state index in [0.29, 0.717) is 19.0 Å². The van der Waals surface area contributed by atoms with E-state index in [9.17, 15) is 4.79 Å². The third kappa shape index (κ3) is 2.98. The summed E-state index contributed by atoms with van der Waals surface area (Å²) in [4.78, 5) is 13.6. The molecule has 0 aromatic heterocycles. The molecular weight excluding hydrogens is 176 g/mol. The summed E-state index contributed by atoms with van der Waals surface area (Å²) in [5, 5.41) is 0. The molecule has 0 saturated heterocycles. The van der Waals surface area contributed by atoms with Crippen LogP contribution in [0.15, 0.2) is 0 Å². The second-order valence-electron chi connectivity index (χ2n) is 4.51. The van der Waals surface area contributed by atoms with Crippen LogP contribution in [0, 0.1) is 11.8 Å². The van der Waals surface area contributed by atoms with Crippen molar-refractivity contribution in [2.75, 3.05) is 20.1 Å². The lowest BCUT2D eigenvalue weighted by atomic mass is 9.82. The molecule has 3 nitrogen and oxygen atoms in total. The van der Waals surface area contributed by atoms with Crippen molar-refractivity contribution >= 4 is 5.91 Å². The molecule has 1 aliphatic carbocycles. The number of nitrogens with zero attached hydrogens (tertiary/aromatic N) is 1. The minimum Gasteiger partial charge on any atom is -0.344 e. The summed E-state index contributed by atoms with van der Waals surface area (Å²) in [6, 6.07) is 0. The number of carbonyl (C=O) groups is 1. The van der Waals surface area contributed by atoms with Crippen molar-refractivity contribution in [3.63, 3.8) is 0 Å². The maximum absolute atomic E-state index is 11.9. The van der Waals surface area contributed by atoms with Crippen LogP contribution < -0.4 is 5.73 Å². The van der Waals surface area contributed by atoms with E-state index in [0.717, 1.165) is 18.8 Å². The van der Waals surface area contributed by atoms with Crippen LogP contribution in [0.1, 0.15) is 32.6 Å². The summed E-state index contributed by atoms with van der Waals surface area (Å²) in [6.07, 6.45) is 4.53. The van der Waals surface area contributed by atoms with E-state index in [1.807, 2.05) is 7.05 Å².